The molecule has 100 valence electrons. The van der Waals surface area contributed by atoms with Gasteiger partial charge in [0.05, 0.1) is 0 Å². The van der Waals surface area contributed by atoms with Crippen molar-refractivity contribution >= 4 is 11.7 Å². The second kappa shape index (κ2) is 6.00. The lowest BCUT2D eigenvalue weighted by Crippen LogP contribution is -2.29. The molecular weight excluding hydrogens is 228 g/mol. The fourth-order valence-electron chi connectivity index (χ4n) is 2.50. The summed E-state index contributed by atoms with van der Waals surface area (Å²) >= 11 is 0. The molecule has 0 atom stereocenters. The van der Waals surface area contributed by atoms with Crippen LogP contribution >= 0.6 is 0 Å². The largest absolute Gasteiger partial charge is 0.330 e. The SMILES string of the molecule is CCc1cc(NC(=O)C2CCC(CN)CC2)n[nH]1. The first kappa shape index (κ1) is 13.1. The van der Waals surface area contributed by atoms with Gasteiger partial charge in [0.25, 0.3) is 0 Å². The van der Waals surface area contributed by atoms with E-state index in [2.05, 4.69) is 15.5 Å². The molecule has 0 unspecified atom stereocenters. The summed E-state index contributed by atoms with van der Waals surface area (Å²) in [6, 6.07) is 1.89. The molecule has 1 aliphatic rings. The van der Waals surface area contributed by atoms with Gasteiger partial charge in [-0.05, 0) is 44.6 Å². The van der Waals surface area contributed by atoms with Gasteiger partial charge in [-0.3, -0.25) is 9.89 Å². The lowest BCUT2D eigenvalue weighted by molar-refractivity contribution is -0.121. The van der Waals surface area contributed by atoms with E-state index in [1.807, 2.05) is 13.0 Å². The van der Waals surface area contributed by atoms with Crippen LogP contribution in [0.4, 0.5) is 5.82 Å². The molecule has 0 aromatic carbocycles. The quantitative estimate of drug-likeness (QED) is 0.760. The maximum Gasteiger partial charge on any atom is 0.228 e. The Morgan fingerprint density at radius 3 is 2.78 bits per heavy atom. The molecule has 2 rings (SSSR count). The lowest BCUT2D eigenvalue weighted by atomic mass is 9.81. The summed E-state index contributed by atoms with van der Waals surface area (Å²) in [5.74, 6) is 1.46. The van der Waals surface area contributed by atoms with Crippen LogP contribution in [-0.4, -0.2) is 22.6 Å². The van der Waals surface area contributed by atoms with Gasteiger partial charge in [0.1, 0.15) is 0 Å². The minimum Gasteiger partial charge on any atom is -0.330 e. The number of carbonyl (C=O) groups is 1. The highest BCUT2D eigenvalue weighted by atomic mass is 16.1. The van der Waals surface area contributed by atoms with Gasteiger partial charge in [0.2, 0.25) is 5.91 Å². The molecule has 5 heteroatoms. The number of nitrogens with two attached hydrogens (primary N) is 1. The summed E-state index contributed by atoms with van der Waals surface area (Å²) in [6.07, 6.45) is 4.91. The number of aromatic amines is 1. The van der Waals surface area contributed by atoms with Gasteiger partial charge in [-0.1, -0.05) is 6.92 Å². The number of carbonyl (C=O) groups excluding carboxylic acids is 1. The summed E-state index contributed by atoms with van der Waals surface area (Å²) < 4.78 is 0. The summed E-state index contributed by atoms with van der Waals surface area (Å²) in [4.78, 5) is 12.1. The first-order valence-electron chi connectivity index (χ1n) is 6.78. The molecule has 1 heterocycles. The number of nitrogens with zero attached hydrogens (tertiary/aromatic N) is 1. The molecule has 1 aromatic rings. The standard InChI is InChI=1S/C13H22N4O/c1-2-11-7-12(17-16-11)15-13(18)10-5-3-9(8-14)4-6-10/h7,9-10H,2-6,8,14H2,1H3,(H2,15,16,17,18). The minimum absolute atomic E-state index is 0.0969. The summed E-state index contributed by atoms with van der Waals surface area (Å²) in [5.41, 5.74) is 6.69. The van der Waals surface area contributed by atoms with Gasteiger partial charge >= 0.3 is 0 Å². The molecule has 0 spiro atoms. The van der Waals surface area contributed by atoms with Gasteiger partial charge in [-0.25, -0.2) is 0 Å². The molecule has 4 N–H and O–H groups in total. The monoisotopic (exact) mass is 250 g/mol. The van der Waals surface area contributed by atoms with Crippen molar-refractivity contribution in [3.63, 3.8) is 0 Å². The van der Waals surface area contributed by atoms with Gasteiger partial charge in [0.15, 0.2) is 5.82 Å². The van der Waals surface area contributed by atoms with Crippen LogP contribution in [0.1, 0.15) is 38.3 Å². The molecule has 0 aliphatic heterocycles. The minimum atomic E-state index is 0.0969. The molecule has 5 nitrogen and oxygen atoms in total. The second-order valence-electron chi connectivity index (χ2n) is 5.07. The molecule has 1 fully saturated rings. The first-order valence-corrected chi connectivity index (χ1v) is 6.78. The maximum atomic E-state index is 12.1. The Kier molecular flexibility index (Phi) is 4.36. The van der Waals surface area contributed by atoms with E-state index in [0.29, 0.717) is 11.7 Å². The predicted molar refractivity (Wildman–Crippen MR) is 71.1 cm³/mol. The van der Waals surface area contributed by atoms with E-state index in [1.165, 1.54) is 0 Å². The zero-order valence-electron chi connectivity index (χ0n) is 10.9. The normalized spacial score (nSPS) is 23.9. The Morgan fingerprint density at radius 2 is 2.22 bits per heavy atom. The number of hydrogen-bond donors (Lipinski definition) is 3. The summed E-state index contributed by atoms with van der Waals surface area (Å²) in [6.45, 7) is 2.79. The van der Waals surface area contributed by atoms with Crippen molar-refractivity contribution < 1.29 is 4.79 Å². The second-order valence-corrected chi connectivity index (χ2v) is 5.07. The third kappa shape index (κ3) is 3.10. The van der Waals surface area contributed by atoms with Crippen molar-refractivity contribution in [3.05, 3.63) is 11.8 Å². The van der Waals surface area contributed by atoms with Gasteiger partial charge in [-0.2, -0.15) is 5.10 Å². The van der Waals surface area contributed by atoms with Crippen molar-refractivity contribution in [2.45, 2.75) is 39.0 Å². The molecule has 0 radical (unpaired) electrons. The number of rotatable bonds is 4. The maximum absolute atomic E-state index is 12.1. The molecule has 1 saturated carbocycles. The van der Waals surface area contributed by atoms with E-state index in [1.54, 1.807) is 0 Å². The van der Waals surface area contributed by atoms with Crippen molar-refractivity contribution in [3.8, 4) is 0 Å². The van der Waals surface area contributed by atoms with Crippen LogP contribution in [0.25, 0.3) is 0 Å². The third-order valence-electron chi connectivity index (χ3n) is 3.81. The smallest absolute Gasteiger partial charge is 0.228 e. The zero-order valence-corrected chi connectivity index (χ0v) is 10.9. The number of amides is 1. The topological polar surface area (TPSA) is 83.8 Å². The van der Waals surface area contributed by atoms with Crippen LogP contribution in [0.3, 0.4) is 0 Å². The van der Waals surface area contributed by atoms with E-state index >= 15 is 0 Å². The highest BCUT2D eigenvalue weighted by molar-refractivity contribution is 5.91. The van der Waals surface area contributed by atoms with E-state index in [4.69, 9.17) is 5.73 Å². The zero-order chi connectivity index (χ0) is 13.0. The highest BCUT2D eigenvalue weighted by Crippen LogP contribution is 2.28. The van der Waals surface area contributed by atoms with E-state index in [9.17, 15) is 4.79 Å². The highest BCUT2D eigenvalue weighted by Gasteiger charge is 2.25. The average Bonchev–Trinajstić information content (AvgIpc) is 2.86. The molecule has 18 heavy (non-hydrogen) atoms. The molecule has 0 bridgehead atoms. The number of hydrogen-bond acceptors (Lipinski definition) is 3. The van der Waals surface area contributed by atoms with Crippen molar-refractivity contribution in [1.29, 1.82) is 0 Å². The van der Waals surface area contributed by atoms with E-state index < -0.39 is 0 Å². The molecule has 1 aliphatic carbocycles. The lowest BCUT2D eigenvalue weighted by Gasteiger charge is -2.26. The first-order chi connectivity index (χ1) is 8.72. The molecule has 0 saturated heterocycles. The fourth-order valence-corrected chi connectivity index (χ4v) is 2.50. The average molecular weight is 250 g/mol. The van der Waals surface area contributed by atoms with E-state index in [-0.39, 0.29) is 11.8 Å². The van der Waals surface area contributed by atoms with Crippen LogP contribution in [0.15, 0.2) is 6.07 Å². The Labute approximate surface area is 108 Å². The Bertz CT molecular complexity index is 393. The summed E-state index contributed by atoms with van der Waals surface area (Å²) in [5, 5.41) is 9.86. The number of H-pyrrole nitrogens is 1. The van der Waals surface area contributed by atoms with Crippen molar-refractivity contribution in [2.24, 2.45) is 17.6 Å². The number of anilines is 1. The summed E-state index contributed by atoms with van der Waals surface area (Å²) in [7, 11) is 0. The Morgan fingerprint density at radius 1 is 1.50 bits per heavy atom. The predicted octanol–water partition coefficient (Wildman–Crippen LogP) is 1.68. The Balaban J connectivity index is 1.85. The van der Waals surface area contributed by atoms with Crippen molar-refractivity contribution in [1.82, 2.24) is 10.2 Å². The van der Waals surface area contributed by atoms with Crippen molar-refractivity contribution in [2.75, 3.05) is 11.9 Å². The van der Waals surface area contributed by atoms with Crippen LogP contribution in [-0.2, 0) is 11.2 Å². The van der Waals surface area contributed by atoms with E-state index in [0.717, 1.165) is 44.3 Å². The molecule has 1 aromatic heterocycles. The molecule has 1 amide bonds. The number of aryl methyl sites for hydroxylation is 1. The van der Waals surface area contributed by atoms with Gasteiger partial charge in [-0.15, -0.1) is 0 Å². The van der Waals surface area contributed by atoms with Crippen LogP contribution in [0, 0.1) is 11.8 Å². The van der Waals surface area contributed by atoms with Crippen LogP contribution < -0.4 is 11.1 Å². The van der Waals surface area contributed by atoms with Gasteiger partial charge < -0.3 is 11.1 Å². The van der Waals surface area contributed by atoms with Crippen LogP contribution in [0.2, 0.25) is 0 Å². The van der Waals surface area contributed by atoms with Gasteiger partial charge in [0, 0.05) is 17.7 Å². The number of nitrogens with one attached hydrogen (secondary N) is 2. The van der Waals surface area contributed by atoms with Crippen LogP contribution in [0.5, 0.6) is 0 Å². The molecular formula is C13H22N4O. The number of aromatic nitrogens is 2. The fraction of sp³-hybridized carbons (Fsp3) is 0.692. The Hall–Kier alpha value is -1.36. The third-order valence-corrected chi connectivity index (χ3v) is 3.81.